The molecule has 2 heteroatoms. The summed E-state index contributed by atoms with van der Waals surface area (Å²) in [6, 6.07) is 0. The van der Waals surface area contributed by atoms with E-state index in [0.29, 0.717) is 0 Å². The Balaban J connectivity index is 0.000000500. The first kappa shape index (κ1) is 9.00. The molecule has 0 aromatic heterocycles. The fourth-order valence-corrected chi connectivity index (χ4v) is 2.67. The van der Waals surface area contributed by atoms with E-state index < -0.39 is 0 Å². The zero-order chi connectivity index (χ0) is 6.48. The van der Waals surface area contributed by atoms with Crippen molar-refractivity contribution in [1.29, 1.82) is 0 Å². The molecule has 0 nitrogen and oxygen atoms in total. The summed E-state index contributed by atoms with van der Waals surface area (Å²) < 4.78 is 0. The summed E-state index contributed by atoms with van der Waals surface area (Å²) in [6.07, 6.45) is 5.85. The molecule has 2 rings (SSSR count). The Bertz CT molecular complexity index is 132. The van der Waals surface area contributed by atoms with Gasteiger partial charge in [-0.1, -0.05) is 32.1 Å². The van der Waals surface area contributed by atoms with E-state index in [0.717, 1.165) is 11.3 Å². The first-order valence-corrected chi connectivity index (χ1v) is 4.04. The predicted octanol–water partition coefficient (Wildman–Crippen LogP) is 2.79. The van der Waals surface area contributed by atoms with Crippen molar-refractivity contribution in [3.63, 3.8) is 0 Å². The molecule has 0 radical (unpaired) electrons. The van der Waals surface area contributed by atoms with Gasteiger partial charge in [0.1, 0.15) is 0 Å². The molecule has 0 heterocycles. The minimum atomic E-state index is 0. The molecule has 2 saturated carbocycles. The average molecular weight is 657 g/mol. The fraction of sp³-hybridized carbons (Fsp3) is 0.889. The maximum atomic E-state index is 2.45. The van der Waals surface area contributed by atoms with Crippen molar-refractivity contribution in [1.82, 2.24) is 0 Å². The molecule has 2 unspecified atom stereocenters. The van der Waals surface area contributed by atoms with Crippen molar-refractivity contribution in [3.05, 3.63) is 5.92 Å². The summed E-state index contributed by atoms with van der Waals surface area (Å²) in [5.74, 6) is 2.82. The van der Waals surface area contributed by atoms with E-state index in [9.17, 15) is 0 Å². The monoisotopic (exact) mass is 657 g/mol. The Kier molecular flexibility index (Phi) is 1.64. The van der Waals surface area contributed by atoms with Crippen molar-refractivity contribution < 1.29 is 0 Å². The van der Waals surface area contributed by atoms with Gasteiger partial charge in [-0.05, 0) is 0 Å². The van der Waals surface area contributed by atoms with Gasteiger partial charge in [0.15, 0.2) is 0 Å². The summed E-state index contributed by atoms with van der Waals surface area (Å²) >= 11 is 0. The molecule has 0 amide bonds. The number of rotatable bonds is 0. The van der Waals surface area contributed by atoms with Crippen molar-refractivity contribution in [2.45, 2.75) is 39.5 Å². The molecular weight excluding hydrogens is 642 g/mol. The molecular formula is C9H15Rf2-. The zero-order valence-corrected chi connectivity index (χ0v) is 20.6. The molecule has 2 bridgehead atoms. The Morgan fingerprint density at radius 3 is 2.18 bits per heavy atom. The molecule has 11 heavy (non-hydrogen) atoms. The Morgan fingerprint density at radius 2 is 2.00 bits per heavy atom. The summed E-state index contributed by atoms with van der Waals surface area (Å²) in [7, 11) is 0. The van der Waals surface area contributed by atoms with Crippen LogP contribution in [0.2, 0.25) is 0 Å². The van der Waals surface area contributed by atoms with Gasteiger partial charge < -0.3 is 5.92 Å². The Morgan fingerprint density at radius 1 is 1.36 bits per heavy atom. The first-order chi connectivity index (χ1) is 4.20. The van der Waals surface area contributed by atoms with Gasteiger partial charge in [0.25, 0.3) is 0 Å². The smallest absolute Gasteiger partial charge is 0 e. The van der Waals surface area contributed by atoms with E-state index in [-0.39, 0.29) is 0 Å². The summed E-state index contributed by atoms with van der Waals surface area (Å²) in [4.78, 5) is 0. The van der Waals surface area contributed by atoms with Crippen molar-refractivity contribution in [2.24, 2.45) is 11.3 Å². The quantitative estimate of drug-likeness (QED) is 0.352. The van der Waals surface area contributed by atoms with E-state index in [1.54, 1.807) is 0 Å². The second-order valence-electron chi connectivity index (χ2n) is 4.25. The van der Waals surface area contributed by atoms with Crippen molar-refractivity contribution >= 4 is 0 Å². The first-order valence-electron chi connectivity index (χ1n) is 4.04. The number of hydrogen-bond donors (Lipinski definition) is 0. The third-order valence-corrected chi connectivity index (χ3v) is 3.20. The Hall–Kier alpha value is -2.00. The van der Waals surface area contributed by atoms with Gasteiger partial charge in [0, 0.05) is 0 Å². The van der Waals surface area contributed by atoms with Crippen molar-refractivity contribution in [2.75, 3.05) is 0 Å². The van der Waals surface area contributed by atoms with Crippen LogP contribution >= 0.6 is 0 Å². The van der Waals surface area contributed by atoms with E-state index in [1.165, 1.54) is 25.7 Å². The van der Waals surface area contributed by atoms with Gasteiger partial charge in [0.05, 0.1) is 0 Å². The summed E-state index contributed by atoms with van der Waals surface area (Å²) in [6.45, 7) is 4.84. The van der Waals surface area contributed by atoms with Gasteiger partial charge in [-0.15, -0.1) is 0 Å². The van der Waals surface area contributed by atoms with Crippen LogP contribution in [0.1, 0.15) is 39.5 Å². The van der Waals surface area contributed by atoms with E-state index in [4.69, 9.17) is 0 Å². The minimum absolute atomic E-state index is 0. The second-order valence-corrected chi connectivity index (χ2v) is 4.25. The summed E-state index contributed by atoms with van der Waals surface area (Å²) in [5.41, 5.74) is 0.745. The fourth-order valence-electron chi connectivity index (χ4n) is 2.67. The third-order valence-electron chi connectivity index (χ3n) is 3.20. The predicted molar refractivity (Wildman–Crippen MR) is 39.0 cm³/mol. The molecule has 2 aliphatic rings. The molecule has 2 fully saturated rings. The topological polar surface area (TPSA) is 0 Å². The molecule has 2 atom stereocenters. The van der Waals surface area contributed by atoms with Crippen LogP contribution in [0.4, 0.5) is 0 Å². The van der Waals surface area contributed by atoms with E-state index in [1.807, 2.05) is 5.92 Å². The molecule has 56 valence electrons. The molecule has 0 saturated heterocycles. The van der Waals surface area contributed by atoms with Gasteiger partial charge in [-0.3, -0.25) is 0 Å². The van der Waals surface area contributed by atoms with E-state index in [2.05, 4.69) is 13.8 Å². The van der Waals surface area contributed by atoms with Crippen LogP contribution in [-0.2, 0) is 0 Å². The van der Waals surface area contributed by atoms with Crippen LogP contribution in [0.15, 0.2) is 0 Å². The molecule has 0 aliphatic heterocycles. The van der Waals surface area contributed by atoms with Gasteiger partial charge in [0.2, 0.25) is 0 Å². The molecule has 0 aromatic carbocycles. The zero-order valence-electron chi connectivity index (χ0n) is 7.82. The largest absolute Gasteiger partial charge is 0.310 e. The van der Waals surface area contributed by atoms with Crippen LogP contribution in [0, 0.1) is 17.3 Å². The standard InChI is InChI=1S/C9H15.2Rf/c1-7-5-9(2)4-3-8(7)6-9;;/h7H,3-6H2,1-2H3;;/q-1;;. The molecule has 2 aliphatic carbocycles. The Labute approximate surface area is 57.6 Å². The number of hydrogen-bond acceptors (Lipinski definition) is 0. The van der Waals surface area contributed by atoms with Gasteiger partial charge >= 0.3 is 0 Å². The van der Waals surface area contributed by atoms with Crippen molar-refractivity contribution in [3.8, 4) is 0 Å². The molecule has 0 spiro atoms. The summed E-state index contributed by atoms with van der Waals surface area (Å²) in [5, 5.41) is 0. The normalized spacial score (nSPS) is 41.5. The SMILES string of the molecule is CC1CC2(C)CC[C-]1C2.[Rf].[Rf]. The average Bonchev–Trinajstić information content (AvgIpc) is 2.20. The van der Waals surface area contributed by atoms with Gasteiger partial charge in [-0.25, -0.2) is 0 Å². The number of fused-ring (bicyclic) bond motifs is 2. The van der Waals surface area contributed by atoms with Crippen LogP contribution in [0.3, 0.4) is 0 Å². The van der Waals surface area contributed by atoms with Crippen LogP contribution in [-0.4, -0.2) is 0 Å². The van der Waals surface area contributed by atoms with Crippen LogP contribution in [0.5, 0.6) is 0 Å². The maximum absolute atomic E-state index is 2.45. The second kappa shape index (κ2) is 2.00. The van der Waals surface area contributed by atoms with E-state index >= 15 is 0 Å². The maximum Gasteiger partial charge on any atom is 0 e. The van der Waals surface area contributed by atoms with Crippen LogP contribution < -0.4 is 0 Å². The molecule has 0 N–H and O–H groups in total. The van der Waals surface area contributed by atoms with Gasteiger partial charge in [-0.2, -0.15) is 18.8 Å². The molecule has 0 aromatic rings. The third kappa shape index (κ3) is 0.889. The minimum Gasteiger partial charge on any atom is -0.310 e. The van der Waals surface area contributed by atoms with Crippen LogP contribution in [0.25, 0.3) is 0 Å².